The molecule has 0 aliphatic carbocycles. The number of amides is 2. The topological polar surface area (TPSA) is 77.4 Å². The molecule has 0 aromatic heterocycles. The number of rotatable bonds is 4. The van der Waals surface area contributed by atoms with Crippen LogP contribution in [0.3, 0.4) is 0 Å². The van der Waals surface area contributed by atoms with Gasteiger partial charge in [0.15, 0.2) is 5.38 Å². The first-order valence-electron chi connectivity index (χ1n) is 8.16. The number of piperazine rings is 1. The summed E-state index contributed by atoms with van der Waals surface area (Å²) < 4.78 is 0. The molecule has 1 aromatic carbocycles. The lowest BCUT2D eigenvalue weighted by Crippen LogP contribution is -2.49. The number of alkyl halides is 1. The molecular weight excluding hydrogens is 342 g/mol. The largest absolute Gasteiger partial charge is 0.369 e. The van der Waals surface area contributed by atoms with Gasteiger partial charge in [-0.05, 0) is 18.6 Å². The van der Waals surface area contributed by atoms with Gasteiger partial charge in [-0.25, -0.2) is 0 Å². The van der Waals surface area contributed by atoms with Gasteiger partial charge < -0.3 is 10.2 Å². The summed E-state index contributed by atoms with van der Waals surface area (Å²) in [4.78, 5) is 27.9. The third kappa shape index (κ3) is 4.24. The lowest BCUT2D eigenvalue weighted by atomic mass is 10.2. The summed E-state index contributed by atoms with van der Waals surface area (Å²) in [5.41, 5.74) is 2.56. The van der Waals surface area contributed by atoms with E-state index in [9.17, 15) is 9.59 Å². The summed E-state index contributed by atoms with van der Waals surface area (Å²) in [5, 5.41) is 9.32. The molecule has 1 saturated heterocycles. The first-order chi connectivity index (χ1) is 12.0. The Hall–Kier alpha value is -2.25. The van der Waals surface area contributed by atoms with Crippen molar-refractivity contribution in [1.82, 2.24) is 9.80 Å². The number of hydrogen-bond acceptors (Lipinski definition) is 5. The number of halogens is 1. The second-order valence-corrected chi connectivity index (χ2v) is 6.53. The quantitative estimate of drug-likeness (QED) is 0.832. The molecule has 8 heteroatoms. The first-order valence-corrected chi connectivity index (χ1v) is 8.60. The fourth-order valence-corrected chi connectivity index (χ4v) is 3.14. The third-order valence-corrected chi connectivity index (χ3v) is 4.76. The second-order valence-electron chi connectivity index (χ2n) is 6.10. The molecule has 3 rings (SSSR count). The molecule has 1 N–H and O–H groups in total. The van der Waals surface area contributed by atoms with Crippen LogP contribution in [0.5, 0.6) is 0 Å². The van der Waals surface area contributed by atoms with Gasteiger partial charge in [0, 0.05) is 31.9 Å². The van der Waals surface area contributed by atoms with Gasteiger partial charge in [0.05, 0.1) is 18.4 Å². The van der Waals surface area contributed by atoms with Crippen molar-refractivity contribution in [3.63, 3.8) is 0 Å². The van der Waals surface area contributed by atoms with E-state index in [1.807, 2.05) is 36.1 Å². The van der Waals surface area contributed by atoms with Crippen LogP contribution in [0.1, 0.15) is 5.56 Å². The van der Waals surface area contributed by atoms with Gasteiger partial charge in [-0.1, -0.05) is 18.2 Å². The van der Waals surface area contributed by atoms with E-state index in [-0.39, 0.29) is 5.91 Å². The number of carbonyl (C=O) groups excluding carboxylic acids is 2. The number of anilines is 1. The zero-order chi connectivity index (χ0) is 17.8. The smallest absolute Gasteiger partial charge is 0.288 e. The van der Waals surface area contributed by atoms with Gasteiger partial charge in [-0.15, -0.1) is 16.7 Å². The number of benzene rings is 1. The van der Waals surface area contributed by atoms with E-state index in [1.54, 1.807) is 6.20 Å². The molecule has 1 aromatic rings. The number of azo groups is 1. The first kappa shape index (κ1) is 17.6. The van der Waals surface area contributed by atoms with E-state index in [1.165, 1.54) is 0 Å². The molecule has 25 heavy (non-hydrogen) atoms. The molecule has 0 saturated carbocycles. The lowest BCUT2D eigenvalue weighted by Gasteiger charge is -2.37. The fraction of sp³-hybridized carbons (Fsp3) is 0.412. The standard InChI is InChI=1S/C17H20ClN5O2/c1-12-4-2-3-5-13(12)20-15(24)11-22-6-8-23(9-7-22)14-10-19-21-17(25)16(14)18/h2-5,10,16H,6-9,11H2,1H3,(H,20,24). The van der Waals surface area contributed by atoms with E-state index >= 15 is 0 Å². The molecule has 1 fully saturated rings. The highest BCUT2D eigenvalue weighted by Gasteiger charge is 2.29. The van der Waals surface area contributed by atoms with Crippen LogP contribution in [0.4, 0.5) is 5.69 Å². The van der Waals surface area contributed by atoms with Crippen molar-refractivity contribution in [1.29, 1.82) is 0 Å². The van der Waals surface area contributed by atoms with Crippen LogP contribution in [0.2, 0.25) is 0 Å². The van der Waals surface area contributed by atoms with Crippen molar-refractivity contribution in [2.24, 2.45) is 10.2 Å². The van der Waals surface area contributed by atoms with Crippen LogP contribution in [-0.4, -0.2) is 59.7 Å². The van der Waals surface area contributed by atoms with E-state index in [0.717, 1.165) is 11.3 Å². The summed E-state index contributed by atoms with van der Waals surface area (Å²) >= 11 is 6.10. The van der Waals surface area contributed by atoms with Crippen LogP contribution in [0.25, 0.3) is 0 Å². The van der Waals surface area contributed by atoms with Gasteiger partial charge in [0.1, 0.15) is 0 Å². The molecule has 1 atom stereocenters. The predicted octanol–water partition coefficient (Wildman–Crippen LogP) is 1.99. The Kier molecular flexibility index (Phi) is 5.45. The van der Waals surface area contributed by atoms with Crippen molar-refractivity contribution < 1.29 is 9.59 Å². The van der Waals surface area contributed by atoms with Crippen molar-refractivity contribution in [2.45, 2.75) is 12.3 Å². The average molecular weight is 362 g/mol. The Morgan fingerprint density at radius 3 is 2.72 bits per heavy atom. The Labute approximate surface area is 151 Å². The highest BCUT2D eigenvalue weighted by atomic mass is 35.5. The second kappa shape index (κ2) is 7.76. The fourth-order valence-electron chi connectivity index (χ4n) is 2.90. The third-order valence-electron chi connectivity index (χ3n) is 4.35. The molecular formula is C17H20ClN5O2. The zero-order valence-electron chi connectivity index (χ0n) is 14.0. The van der Waals surface area contributed by atoms with Crippen LogP contribution in [0.15, 0.2) is 46.4 Å². The van der Waals surface area contributed by atoms with Crippen LogP contribution in [0, 0.1) is 6.92 Å². The normalized spacial score (nSPS) is 21.2. The number of hydrogen-bond donors (Lipinski definition) is 1. The van der Waals surface area contributed by atoms with Gasteiger partial charge >= 0.3 is 0 Å². The Morgan fingerprint density at radius 2 is 2.00 bits per heavy atom. The SMILES string of the molecule is Cc1ccccc1NC(=O)CN1CCN(C2=CN=NC(=O)C2Cl)CC1. The summed E-state index contributed by atoms with van der Waals surface area (Å²) in [6.45, 7) is 5.11. The van der Waals surface area contributed by atoms with Crippen molar-refractivity contribution in [2.75, 3.05) is 38.0 Å². The maximum atomic E-state index is 12.2. The number of aryl methyl sites for hydroxylation is 1. The van der Waals surface area contributed by atoms with Crippen molar-refractivity contribution in [3.8, 4) is 0 Å². The number of carbonyl (C=O) groups is 2. The van der Waals surface area contributed by atoms with Gasteiger partial charge in [-0.2, -0.15) is 5.11 Å². The van der Waals surface area contributed by atoms with Gasteiger partial charge in [0.2, 0.25) is 5.91 Å². The van der Waals surface area contributed by atoms with E-state index < -0.39 is 11.3 Å². The highest BCUT2D eigenvalue weighted by molar-refractivity contribution is 6.33. The maximum absolute atomic E-state index is 12.2. The number of nitrogens with one attached hydrogen (secondary N) is 1. The summed E-state index contributed by atoms with van der Waals surface area (Å²) in [7, 11) is 0. The van der Waals surface area contributed by atoms with Gasteiger partial charge in [0.25, 0.3) is 5.91 Å². The molecule has 0 bridgehead atoms. The van der Waals surface area contributed by atoms with E-state index in [4.69, 9.17) is 11.6 Å². The molecule has 2 amide bonds. The van der Waals surface area contributed by atoms with Gasteiger partial charge in [-0.3, -0.25) is 14.5 Å². The Balaban J connectivity index is 1.50. The molecule has 2 aliphatic heterocycles. The molecule has 0 radical (unpaired) electrons. The molecule has 132 valence electrons. The van der Waals surface area contributed by atoms with E-state index in [2.05, 4.69) is 20.4 Å². The average Bonchev–Trinajstić information content (AvgIpc) is 2.60. The minimum Gasteiger partial charge on any atom is -0.369 e. The van der Waals surface area contributed by atoms with Crippen LogP contribution >= 0.6 is 11.6 Å². The Morgan fingerprint density at radius 1 is 1.28 bits per heavy atom. The zero-order valence-corrected chi connectivity index (χ0v) is 14.7. The lowest BCUT2D eigenvalue weighted by molar-refractivity contribution is -0.118. The molecule has 2 heterocycles. The van der Waals surface area contributed by atoms with E-state index in [0.29, 0.717) is 38.4 Å². The molecule has 0 spiro atoms. The number of para-hydroxylation sites is 1. The Bertz CT molecular complexity index is 726. The summed E-state index contributed by atoms with van der Waals surface area (Å²) in [6, 6.07) is 7.71. The van der Waals surface area contributed by atoms with Crippen molar-refractivity contribution >= 4 is 29.1 Å². The minimum atomic E-state index is -0.770. The minimum absolute atomic E-state index is 0.0289. The summed E-state index contributed by atoms with van der Waals surface area (Å²) in [6.07, 6.45) is 1.54. The monoisotopic (exact) mass is 361 g/mol. The van der Waals surface area contributed by atoms with Crippen LogP contribution in [-0.2, 0) is 9.59 Å². The molecule has 7 nitrogen and oxygen atoms in total. The van der Waals surface area contributed by atoms with Crippen molar-refractivity contribution in [3.05, 3.63) is 41.7 Å². The van der Waals surface area contributed by atoms with Crippen LogP contribution < -0.4 is 5.32 Å². The predicted molar refractivity (Wildman–Crippen MR) is 95.4 cm³/mol. The molecule has 1 unspecified atom stereocenters. The molecule has 2 aliphatic rings. The number of nitrogens with zero attached hydrogens (tertiary/aromatic N) is 4. The highest BCUT2D eigenvalue weighted by Crippen LogP contribution is 2.22. The maximum Gasteiger partial charge on any atom is 0.288 e. The summed E-state index contributed by atoms with van der Waals surface area (Å²) in [5.74, 6) is -0.460.